The van der Waals surface area contributed by atoms with E-state index in [-0.39, 0.29) is 6.04 Å². The normalized spacial score (nSPS) is 15.6. The van der Waals surface area contributed by atoms with Crippen LogP contribution in [0, 0.1) is 5.92 Å². The average molecular weight is 273 g/mol. The lowest BCUT2D eigenvalue weighted by Crippen LogP contribution is -2.30. The molecule has 0 saturated carbocycles. The Morgan fingerprint density at radius 2 is 1.53 bits per heavy atom. The first-order valence-electron chi connectivity index (χ1n) is 6.63. The van der Waals surface area contributed by atoms with E-state index in [0.29, 0.717) is 12.0 Å². The van der Waals surface area contributed by atoms with E-state index in [1.807, 2.05) is 6.92 Å². The zero-order valence-electron chi connectivity index (χ0n) is 11.9. The molecule has 0 aliphatic carbocycles. The topological polar surface area (TPSA) is 12.0 Å². The summed E-state index contributed by atoms with van der Waals surface area (Å²) >= 11 is 0. The molecule has 0 saturated heterocycles. The Balaban J connectivity index is 2.65. The molecule has 2 atom stereocenters. The Morgan fingerprint density at radius 1 is 1.00 bits per heavy atom. The molecule has 0 fully saturated rings. The Kier molecular flexibility index (Phi) is 5.41. The van der Waals surface area contributed by atoms with E-state index in [9.17, 15) is 13.2 Å². The largest absolute Gasteiger partial charge is 0.416 e. The van der Waals surface area contributed by atoms with Crippen LogP contribution in [0.2, 0.25) is 0 Å². The van der Waals surface area contributed by atoms with Crippen molar-refractivity contribution in [1.29, 1.82) is 0 Å². The zero-order valence-corrected chi connectivity index (χ0v) is 11.9. The van der Waals surface area contributed by atoms with Crippen LogP contribution in [-0.4, -0.2) is 6.04 Å². The van der Waals surface area contributed by atoms with Crippen LogP contribution in [0.3, 0.4) is 0 Å². The summed E-state index contributed by atoms with van der Waals surface area (Å²) in [5, 5.41) is 3.40. The number of hydrogen-bond acceptors (Lipinski definition) is 1. The molecule has 0 radical (unpaired) electrons. The highest BCUT2D eigenvalue weighted by atomic mass is 19.4. The number of nitrogens with one attached hydrogen (secondary N) is 1. The van der Waals surface area contributed by atoms with Crippen LogP contribution in [0.15, 0.2) is 24.3 Å². The molecule has 1 aromatic rings. The molecular formula is C15H22F3N. The van der Waals surface area contributed by atoms with Gasteiger partial charge in [0.25, 0.3) is 0 Å². The van der Waals surface area contributed by atoms with Gasteiger partial charge in [-0.1, -0.05) is 26.0 Å². The summed E-state index contributed by atoms with van der Waals surface area (Å²) in [6.07, 6.45) is -3.22. The zero-order chi connectivity index (χ0) is 14.6. The summed E-state index contributed by atoms with van der Waals surface area (Å²) in [4.78, 5) is 0. The molecule has 1 N–H and O–H groups in total. The molecule has 2 unspecified atom stereocenters. The summed E-state index contributed by atoms with van der Waals surface area (Å²) in [6.45, 7) is 8.38. The first-order valence-corrected chi connectivity index (χ1v) is 6.63. The summed E-state index contributed by atoms with van der Waals surface area (Å²) < 4.78 is 37.4. The molecule has 0 aromatic heterocycles. The summed E-state index contributed by atoms with van der Waals surface area (Å²) in [6, 6.07) is 5.76. The molecule has 0 amide bonds. The fraction of sp³-hybridized carbons (Fsp3) is 0.600. The van der Waals surface area contributed by atoms with E-state index in [1.54, 1.807) is 12.1 Å². The molecule has 1 nitrogen and oxygen atoms in total. The van der Waals surface area contributed by atoms with Gasteiger partial charge in [0.1, 0.15) is 0 Å². The molecule has 1 aromatic carbocycles. The Bertz CT molecular complexity index is 381. The van der Waals surface area contributed by atoms with Crippen LogP contribution < -0.4 is 5.32 Å². The molecule has 1 rings (SSSR count). The van der Waals surface area contributed by atoms with Crippen molar-refractivity contribution >= 4 is 0 Å². The van der Waals surface area contributed by atoms with Crippen LogP contribution in [-0.2, 0) is 6.18 Å². The second-order valence-electron chi connectivity index (χ2n) is 5.54. The smallest absolute Gasteiger partial charge is 0.308 e. The summed E-state index contributed by atoms with van der Waals surface area (Å²) in [5.74, 6) is 0.599. The molecule has 4 heteroatoms. The molecular weight excluding hydrogens is 251 g/mol. The quantitative estimate of drug-likeness (QED) is 0.813. The lowest BCUT2D eigenvalue weighted by atomic mass is 10.0. The van der Waals surface area contributed by atoms with Gasteiger partial charge in [-0.05, 0) is 43.9 Å². The van der Waals surface area contributed by atoms with Crippen molar-refractivity contribution in [2.24, 2.45) is 5.92 Å². The van der Waals surface area contributed by atoms with Crippen molar-refractivity contribution in [2.75, 3.05) is 0 Å². The van der Waals surface area contributed by atoms with E-state index in [4.69, 9.17) is 0 Å². The van der Waals surface area contributed by atoms with E-state index >= 15 is 0 Å². The molecule has 108 valence electrons. The minimum Gasteiger partial charge on any atom is -0.308 e. The number of hydrogen-bond donors (Lipinski definition) is 1. The van der Waals surface area contributed by atoms with Gasteiger partial charge in [0.15, 0.2) is 0 Å². The van der Waals surface area contributed by atoms with Crippen LogP contribution in [0.5, 0.6) is 0 Å². The van der Waals surface area contributed by atoms with Gasteiger partial charge in [-0.25, -0.2) is 0 Å². The van der Waals surface area contributed by atoms with Crippen molar-refractivity contribution in [3.8, 4) is 0 Å². The number of benzene rings is 1. The molecule has 19 heavy (non-hydrogen) atoms. The first-order chi connectivity index (χ1) is 8.70. The van der Waals surface area contributed by atoms with Gasteiger partial charge < -0.3 is 5.32 Å². The maximum atomic E-state index is 12.5. The van der Waals surface area contributed by atoms with Gasteiger partial charge >= 0.3 is 6.18 Å². The third-order valence-electron chi connectivity index (χ3n) is 3.10. The molecule has 0 bridgehead atoms. The SMILES string of the molecule is CC(C)CC(C)NC(C)c1ccc(C(F)(F)F)cc1. The van der Waals surface area contributed by atoms with Crippen LogP contribution in [0.25, 0.3) is 0 Å². The van der Waals surface area contributed by atoms with Crippen molar-refractivity contribution in [3.05, 3.63) is 35.4 Å². The highest BCUT2D eigenvalue weighted by molar-refractivity contribution is 5.26. The molecule has 0 spiro atoms. The average Bonchev–Trinajstić information content (AvgIpc) is 2.26. The number of halogens is 3. The van der Waals surface area contributed by atoms with E-state index < -0.39 is 11.7 Å². The van der Waals surface area contributed by atoms with Crippen molar-refractivity contribution < 1.29 is 13.2 Å². The standard InChI is InChI=1S/C15H22F3N/c1-10(2)9-11(3)19-12(4)13-5-7-14(8-6-13)15(16,17)18/h5-8,10-12,19H,9H2,1-4H3. The van der Waals surface area contributed by atoms with Gasteiger partial charge in [-0.2, -0.15) is 13.2 Å². The third kappa shape index (κ3) is 5.23. The van der Waals surface area contributed by atoms with Crippen LogP contribution in [0.1, 0.15) is 51.3 Å². The monoisotopic (exact) mass is 273 g/mol. The predicted octanol–water partition coefficient (Wildman–Crippen LogP) is 4.79. The van der Waals surface area contributed by atoms with Gasteiger partial charge in [-0.3, -0.25) is 0 Å². The first kappa shape index (κ1) is 16.0. The molecule has 0 heterocycles. The minimum atomic E-state index is -4.26. The predicted molar refractivity (Wildman–Crippen MR) is 71.9 cm³/mol. The van der Waals surface area contributed by atoms with Gasteiger partial charge in [0.2, 0.25) is 0 Å². The van der Waals surface area contributed by atoms with E-state index in [1.165, 1.54) is 0 Å². The molecule has 0 aliphatic rings. The van der Waals surface area contributed by atoms with Crippen molar-refractivity contribution in [2.45, 2.75) is 52.4 Å². The second kappa shape index (κ2) is 6.42. The maximum Gasteiger partial charge on any atom is 0.416 e. The Labute approximate surface area is 113 Å². The van der Waals surface area contributed by atoms with E-state index in [0.717, 1.165) is 24.1 Å². The van der Waals surface area contributed by atoms with Gasteiger partial charge in [-0.15, -0.1) is 0 Å². The second-order valence-corrected chi connectivity index (χ2v) is 5.54. The van der Waals surface area contributed by atoms with Gasteiger partial charge in [0, 0.05) is 12.1 Å². The summed E-state index contributed by atoms with van der Waals surface area (Å²) in [7, 11) is 0. The number of alkyl halides is 3. The highest BCUT2D eigenvalue weighted by Crippen LogP contribution is 2.30. The maximum absolute atomic E-state index is 12.5. The van der Waals surface area contributed by atoms with Gasteiger partial charge in [0.05, 0.1) is 5.56 Å². The van der Waals surface area contributed by atoms with E-state index in [2.05, 4.69) is 26.1 Å². The Morgan fingerprint density at radius 3 is 1.95 bits per heavy atom. The Hall–Kier alpha value is -1.03. The lowest BCUT2D eigenvalue weighted by Gasteiger charge is -2.22. The highest BCUT2D eigenvalue weighted by Gasteiger charge is 2.30. The van der Waals surface area contributed by atoms with Crippen molar-refractivity contribution in [1.82, 2.24) is 5.32 Å². The number of rotatable bonds is 5. The molecule has 0 aliphatic heterocycles. The van der Waals surface area contributed by atoms with Crippen molar-refractivity contribution in [3.63, 3.8) is 0 Å². The fourth-order valence-electron chi connectivity index (χ4n) is 2.26. The lowest BCUT2D eigenvalue weighted by molar-refractivity contribution is -0.137. The minimum absolute atomic E-state index is 0.0519. The van der Waals surface area contributed by atoms with Crippen LogP contribution >= 0.6 is 0 Å². The third-order valence-corrected chi connectivity index (χ3v) is 3.10. The summed E-state index contributed by atoms with van der Waals surface area (Å²) in [5.41, 5.74) is 0.280. The van der Waals surface area contributed by atoms with Crippen LogP contribution in [0.4, 0.5) is 13.2 Å². The fourth-order valence-corrected chi connectivity index (χ4v) is 2.26.